The molecule has 3 rings (SSSR count). The fraction of sp³-hybridized carbons (Fsp3) is 0.500. The number of aromatic nitrogens is 1. The summed E-state index contributed by atoms with van der Waals surface area (Å²) in [6, 6.07) is 4.91. The summed E-state index contributed by atoms with van der Waals surface area (Å²) >= 11 is 0. The molecule has 10 heteroatoms. The number of carbonyl (C=O) groups excluding carboxylic acids is 2. The van der Waals surface area contributed by atoms with Gasteiger partial charge in [0, 0.05) is 7.05 Å². The number of aryl methyl sites for hydroxylation is 1. The Morgan fingerprint density at radius 2 is 1.84 bits per heavy atom. The van der Waals surface area contributed by atoms with Crippen molar-refractivity contribution >= 4 is 19.2 Å². The van der Waals surface area contributed by atoms with Crippen LogP contribution in [0.4, 0.5) is 13.2 Å². The summed E-state index contributed by atoms with van der Waals surface area (Å²) in [5.41, 5.74) is 3.34. The van der Waals surface area contributed by atoms with E-state index in [2.05, 4.69) is 20.5 Å². The second-order valence-corrected chi connectivity index (χ2v) is 8.76. The third-order valence-electron chi connectivity index (χ3n) is 5.35. The molecule has 1 aliphatic rings. The van der Waals surface area contributed by atoms with Crippen LogP contribution in [0.15, 0.2) is 24.3 Å². The Bertz CT molecular complexity index is 934. The summed E-state index contributed by atoms with van der Waals surface area (Å²) in [5.74, 6) is -0.172. The summed E-state index contributed by atoms with van der Waals surface area (Å²) < 4.78 is 39.9. The maximum atomic E-state index is 12.6. The van der Waals surface area contributed by atoms with Crippen LogP contribution in [0.5, 0.6) is 0 Å². The summed E-state index contributed by atoms with van der Waals surface area (Å²) in [6.07, 6.45) is -3.73. The minimum atomic E-state index is -4.28. The zero-order valence-electron chi connectivity index (χ0n) is 19.1. The number of hydrogen-bond acceptors (Lipinski definition) is 3. The molecular formula is C22H30BF3N4O2. The SMILES string of the molecule is CNC(=O)C(NC=O)C(C)(C)C.Cc1bc(-c2ccc(C(F)(F)F)cc2)n2c1CNCC2. The zero-order valence-corrected chi connectivity index (χ0v) is 19.1. The van der Waals surface area contributed by atoms with E-state index in [1.807, 2.05) is 34.6 Å². The summed E-state index contributed by atoms with van der Waals surface area (Å²) in [5, 5.41) is 8.28. The van der Waals surface area contributed by atoms with Gasteiger partial charge in [0.15, 0.2) is 0 Å². The number of nitrogens with one attached hydrogen (secondary N) is 3. The molecule has 2 aromatic rings. The fourth-order valence-corrected chi connectivity index (χ4v) is 3.61. The quantitative estimate of drug-likeness (QED) is 0.628. The second kappa shape index (κ2) is 10.3. The normalized spacial score (nSPS) is 14.4. The van der Waals surface area contributed by atoms with E-state index in [-0.39, 0.29) is 11.3 Å². The van der Waals surface area contributed by atoms with Gasteiger partial charge in [0.25, 0.3) is 0 Å². The van der Waals surface area contributed by atoms with Crippen LogP contribution in [-0.4, -0.2) is 43.4 Å². The Morgan fingerprint density at radius 1 is 1.22 bits per heavy atom. The van der Waals surface area contributed by atoms with Gasteiger partial charge < -0.3 is 10.6 Å². The zero-order chi connectivity index (χ0) is 24.1. The van der Waals surface area contributed by atoms with Crippen molar-refractivity contribution in [1.82, 2.24) is 20.5 Å². The molecule has 3 N–H and O–H groups in total. The first-order valence-electron chi connectivity index (χ1n) is 10.4. The van der Waals surface area contributed by atoms with Crippen molar-refractivity contribution in [3.8, 4) is 11.2 Å². The van der Waals surface area contributed by atoms with Crippen LogP contribution >= 0.6 is 0 Å². The molecule has 1 aromatic heterocycles. The molecule has 2 heterocycles. The molecule has 0 fully saturated rings. The molecule has 0 saturated heterocycles. The number of amides is 2. The van der Waals surface area contributed by atoms with E-state index in [0.717, 1.165) is 42.9 Å². The van der Waals surface area contributed by atoms with Crippen LogP contribution in [0.1, 0.15) is 37.5 Å². The van der Waals surface area contributed by atoms with Gasteiger partial charge in [-0.1, -0.05) is 20.8 Å². The van der Waals surface area contributed by atoms with Crippen molar-refractivity contribution in [2.45, 2.75) is 53.0 Å². The molecule has 1 unspecified atom stereocenters. The predicted molar refractivity (Wildman–Crippen MR) is 119 cm³/mol. The predicted octanol–water partition coefficient (Wildman–Crippen LogP) is 2.82. The van der Waals surface area contributed by atoms with Crippen LogP contribution in [0.2, 0.25) is 0 Å². The fourth-order valence-electron chi connectivity index (χ4n) is 3.61. The number of halogens is 3. The first-order valence-corrected chi connectivity index (χ1v) is 10.4. The number of benzene rings is 1. The molecule has 1 atom stereocenters. The van der Waals surface area contributed by atoms with Gasteiger partial charge in [-0.25, -0.2) is 0 Å². The molecule has 0 spiro atoms. The Balaban J connectivity index is 0.000000262. The number of alkyl halides is 3. The van der Waals surface area contributed by atoms with E-state index in [1.165, 1.54) is 11.2 Å². The van der Waals surface area contributed by atoms with Gasteiger partial charge in [-0.15, -0.1) is 0 Å². The molecule has 32 heavy (non-hydrogen) atoms. The number of fused-ring (bicyclic) bond motifs is 1. The molecule has 1 aliphatic heterocycles. The molecule has 0 aliphatic carbocycles. The van der Waals surface area contributed by atoms with Crippen LogP contribution in [0, 0.1) is 12.3 Å². The monoisotopic (exact) mass is 450 g/mol. The standard InChI is InChI=1S/C14H14BF3N2.C8H16N2O2/c1-9-12-8-19-6-7-20(12)13(15-9)10-2-4-11(5-3-10)14(16,17)18;1-8(2,3)6(10-5-11)7(12)9-4/h2-5,19H,6-8H2,1H3;5-6H,1-4H3,(H,9,12)(H,10,11). The van der Waals surface area contributed by atoms with Crippen molar-refractivity contribution in [3.05, 3.63) is 41.0 Å². The van der Waals surface area contributed by atoms with E-state index in [9.17, 15) is 22.8 Å². The third kappa shape index (κ3) is 6.21. The van der Waals surface area contributed by atoms with Gasteiger partial charge in [-0.3, -0.25) is 9.59 Å². The minimum absolute atomic E-state index is 0.172. The van der Waals surface area contributed by atoms with Crippen molar-refractivity contribution in [3.63, 3.8) is 0 Å². The van der Waals surface area contributed by atoms with E-state index in [0.29, 0.717) is 6.41 Å². The van der Waals surface area contributed by atoms with E-state index in [1.54, 1.807) is 19.2 Å². The van der Waals surface area contributed by atoms with Gasteiger partial charge in [0.2, 0.25) is 12.3 Å². The number of carbonyl (C=O) groups is 2. The Labute approximate surface area is 187 Å². The Kier molecular flexibility index (Phi) is 8.28. The molecule has 0 saturated carbocycles. The average Bonchev–Trinajstić information content (AvgIpc) is 3.07. The summed E-state index contributed by atoms with van der Waals surface area (Å²) in [4.78, 5) is 21.4. The molecule has 174 valence electrons. The molecule has 2 amide bonds. The van der Waals surface area contributed by atoms with Gasteiger partial charge in [0.05, 0.1) is 0 Å². The maximum absolute atomic E-state index is 12.6. The first kappa shape index (κ1) is 25.6. The first-order chi connectivity index (χ1) is 14.9. The van der Waals surface area contributed by atoms with Crippen molar-refractivity contribution in [2.24, 2.45) is 5.41 Å². The molecular weight excluding hydrogens is 420 g/mol. The number of hydrogen-bond donors (Lipinski definition) is 3. The number of nitrogens with zero attached hydrogens (tertiary/aromatic N) is 1. The van der Waals surface area contributed by atoms with Crippen molar-refractivity contribution in [2.75, 3.05) is 13.6 Å². The average molecular weight is 450 g/mol. The van der Waals surface area contributed by atoms with E-state index < -0.39 is 17.8 Å². The van der Waals surface area contributed by atoms with Gasteiger partial charge in [0.1, 0.15) is 6.04 Å². The molecule has 1 aromatic carbocycles. The Hall–Kier alpha value is -2.62. The van der Waals surface area contributed by atoms with Gasteiger partial charge >= 0.3 is 115 Å². The van der Waals surface area contributed by atoms with E-state index in [4.69, 9.17) is 0 Å². The molecule has 6 nitrogen and oxygen atoms in total. The van der Waals surface area contributed by atoms with Crippen LogP contribution < -0.4 is 16.0 Å². The third-order valence-corrected chi connectivity index (χ3v) is 5.35. The van der Waals surface area contributed by atoms with Crippen LogP contribution in [0.25, 0.3) is 11.2 Å². The van der Waals surface area contributed by atoms with Crippen molar-refractivity contribution in [1.29, 1.82) is 0 Å². The Morgan fingerprint density at radius 3 is 2.34 bits per heavy atom. The molecule has 0 radical (unpaired) electrons. The van der Waals surface area contributed by atoms with Crippen LogP contribution in [0.3, 0.4) is 0 Å². The number of likely N-dealkylation sites (N-methyl/N-ethyl adjacent to an activating group) is 1. The number of rotatable bonds is 4. The summed E-state index contributed by atoms with van der Waals surface area (Å²) in [7, 11) is 1.55. The van der Waals surface area contributed by atoms with Crippen molar-refractivity contribution < 1.29 is 22.8 Å². The van der Waals surface area contributed by atoms with E-state index >= 15 is 0 Å². The molecule has 0 bridgehead atoms. The van der Waals surface area contributed by atoms with Crippen LogP contribution in [-0.2, 0) is 28.9 Å². The summed E-state index contributed by atoms with van der Waals surface area (Å²) in [6.45, 7) is 12.3. The topological polar surface area (TPSA) is 75.2 Å². The second-order valence-electron chi connectivity index (χ2n) is 8.76. The van der Waals surface area contributed by atoms with Gasteiger partial charge in [-0.05, 0) is 5.41 Å². The van der Waals surface area contributed by atoms with Gasteiger partial charge in [-0.2, -0.15) is 0 Å².